The predicted molar refractivity (Wildman–Crippen MR) is 88.4 cm³/mol. The van der Waals surface area contributed by atoms with Gasteiger partial charge in [0.1, 0.15) is 11.6 Å². The summed E-state index contributed by atoms with van der Waals surface area (Å²) in [4.78, 5) is 12.3. The van der Waals surface area contributed by atoms with Crippen molar-refractivity contribution in [1.82, 2.24) is 14.8 Å². The van der Waals surface area contributed by atoms with Crippen molar-refractivity contribution in [1.29, 1.82) is 0 Å². The summed E-state index contributed by atoms with van der Waals surface area (Å²) in [5.74, 6) is 0.161. The van der Waals surface area contributed by atoms with E-state index in [0.717, 1.165) is 23.8 Å². The van der Waals surface area contributed by atoms with Gasteiger partial charge in [0.05, 0.1) is 10.3 Å². The maximum atomic E-state index is 13.1. The lowest BCUT2D eigenvalue weighted by Crippen LogP contribution is -2.23. The van der Waals surface area contributed by atoms with Gasteiger partial charge in [0, 0.05) is 11.7 Å². The number of benzene rings is 1. The number of nitrogens with one attached hydrogen (secondary N) is 1. The molecular weight excluding hydrogens is 339 g/mol. The zero-order valence-electron chi connectivity index (χ0n) is 12.7. The van der Waals surface area contributed by atoms with Crippen LogP contribution in [0.15, 0.2) is 23.4 Å². The minimum atomic E-state index is -0.514. The van der Waals surface area contributed by atoms with E-state index in [0.29, 0.717) is 11.7 Å². The fourth-order valence-electron chi connectivity index (χ4n) is 2.21. The molecule has 8 heteroatoms. The minimum absolute atomic E-state index is 0.0211. The molecule has 2 aromatic rings. The van der Waals surface area contributed by atoms with E-state index in [1.807, 2.05) is 6.92 Å². The third kappa shape index (κ3) is 3.67. The number of amides is 1. The molecule has 1 fully saturated rings. The first-order valence-electron chi connectivity index (χ1n) is 7.30. The van der Waals surface area contributed by atoms with Gasteiger partial charge in [0.15, 0.2) is 5.16 Å². The summed E-state index contributed by atoms with van der Waals surface area (Å²) >= 11 is 7.08. The first kappa shape index (κ1) is 16.3. The van der Waals surface area contributed by atoms with Crippen molar-refractivity contribution in [3.05, 3.63) is 34.9 Å². The van der Waals surface area contributed by atoms with Crippen molar-refractivity contribution in [2.45, 2.75) is 43.1 Å². The highest BCUT2D eigenvalue weighted by Crippen LogP contribution is 2.39. The Hall–Kier alpha value is -1.60. The lowest BCUT2D eigenvalue weighted by atomic mass is 10.3. The summed E-state index contributed by atoms with van der Waals surface area (Å²) in [6, 6.07) is 4.55. The van der Waals surface area contributed by atoms with Crippen LogP contribution >= 0.6 is 23.4 Å². The van der Waals surface area contributed by atoms with Crippen molar-refractivity contribution in [2.75, 3.05) is 5.32 Å². The number of aromatic nitrogens is 3. The van der Waals surface area contributed by atoms with Crippen LogP contribution in [0.4, 0.5) is 10.1 Å². The van der Waals surface area contributed by atoms with Gasteiger partial charge in [-0.2, -0.15) is 0 Å². The second kappa shape index (κ2) is 6.49. The SMILES string of the molecule is Cc1nnc(S[C@@H](C)C(=O)Nc2ccc(F)c(Cl)c2)n1C1CC1. The van der Waals surface area contributed by atoms with Crippen LogP contribution in [0.25, 0.3) is 0 Å². The molecule has 5 nitrogen and oxygen atoms in total. The highest BCUT2D eigenvalue weighted by Gasteiger charge is 2.29. The van der Waals surface area contributed by atoms with Gasteiger partial charge >= 0.3 is 0 Å². The van der Waals surface area contributed by atoms with Crippen LogP contribution in [0, 0.1) is 12.7 Å². The van der Waals surface area contributed by atoms with E-state index >= 15 is 0 Å². The van der Waals surface area contributed by atoms with Crippen LogP contribution < -0.4 is 5.32 Å². The first-order valence-corrected chi connectivity index (χ1v) is 8.55. The molecule has 1 aromatic carbocycles. The van der Waals surface area contributed by atoms with E-state index in [-0.39, 0.29) is 16.2 Å². The Kier molecular flexibility index (Phi) is 4.59. The number of anilines is 1. The topological polar surface area (TPSA) is 59.8 Å². The van der Waals surface area contributed by atoms with Crippen molar-refractivity contribution < 1.29 is 9.18 Å². The van der Waals surface area contributed by atoms with Gasteiger partial charge in [-0.25, -0.2) is 4.39 Å². The number of aryl methyl sites for hydroxylation is 1. The molecule has 23 heavy (non-hydrogen) atoms. The number of hydrogen-bond donors (Lipinski definition) is 1. The van der Waals surface area contributed by atoms with Crippen LogP contribution in [-0.2, 0) is 4.79 Å². The van der Waals surface area contributed by atoms with Gasteiger partial charge in [0.2, 0.25) is 5.91 Å². The van der Waals surface area contributed by atoms with Crippen molar-refractivity contribution in [3.8, 4) is 0 Å². The van der Waals surface area contributed by atoms with Crippen LogP contribution in [0.2, 0.25) is 5.02 Å². The molecule has 3 rings (SSSR count). The molecule has 0 bridgehead atoms. The van der Waals surface area contributed by atoms with Crippen LogP contribution in [0.1, 0.15) is 31.6 Å². The third-order valence-electron chi connectivity index (χ3n) is 3.59. The van der Waals surface area contributed by atoms with Crippen LogP contribution in [-0.4, -0.2) is 25.9 Å². The number of carbonyl (C=O) groups is 1. The molecule has 1 aliphatic carbocycles. The van der Waals surface area contributed by atoms with E-state index in [9.17, 15) is 9.18 Å². The summed E-state index contributed by atoms with van der Waals surface area (Å²) in [6.07, 6.45) is 2.25. The van der Waals surface area contributed by atoms with E-state index < -0.39 is 5.82 Å². The molecule has 1 saturated carbocycles. The number of halogens is 2. The first-order chi connectivity index (χ1) is 11.0. The second-order valence-electron chi connectivity index (χ2n) is 5.51. The Bertz CT molecular complexity index is 747. The molecule has 122 valence electrons. The van der Waals surface area contributed by atoms with Gasteiger partial charge in [-0.15, -0.1) is 10.2 Å². The fourth-order valence-corrected chi connectivity index (χ4v) is 3.36. The van der Waals surface area contributed by atoms with Crippen molar-refractivity contribution >= 4 is 35.0 Å². The average Bonchev–Trinajstić information content (AvgIpc) is 3.27. The maximum Gasteiger partial charge on any atom is 0.237 e. The lowest BCUT2D eigenvalue weighted by Gasteiger charge is -2.13. The summed E-state index contributed by atoms with van der Waals surface area (Å²) in [7, 11) is 0. The molecule has 1 N–H and O–H groups in total. The zero-order chi connectivity index (χ0) is 16.6. The number of rotatable bonds is 5. The van der Waals surface area contributed by atoms with Gasteiger partial charge < -0.3 is 9.88 Å². The van der Waals surface area contributed by atoms with Crippen LogP contribution in [0.5, 0.6) is 0 Å². The molecule has 1 atom stereocenters. The Morgan fingerprint density at radius 3 is 2.87 bits per heavy atom. The quantitative estimate of drug-likeness (QED) is 0.829. The van der Waals surface area contributed by atoms with E-state index in [1.165, 1.54) is 30.0 Å². The molecule has 0 saturated heterocycles. The lowest BCUT2D eigenvalue weighted by molar-refractivity contribution is -0.115. The third-order valence-corrected chi connectivity index (χ3v) is 4.93. The number of thioether (sulfide) groups is 1. The second-order valence-corrected chi connectivity index (χ2v) is 7.22. The molecule has 1 aliphatic rings. The standard InChI is InChI=1S/C15H16ClFN4OS/c1-8(14(22)18-10-3-6-13(17)12(16)7-10)23-15-20-19-9(2)21(15)11-4-5-11/h3,6-8,11H,4-5H2,1-2H3,(H,18,22)/t8-/m0/s1. The average molecular weight is 355 g/mol. The number of carbonyl (C=O) groups excluding carboxylic acids is 1. The largest absolute Gasteiger partial charge is 0.325 e. The summed E-state index contributed by atoms with van der Waals surface area (Å²) in [5, 5.41) is 11.4. The Morgan fingerprint density at radius 1 is 1.48 bits per heavy atom. The van der Waals surface area contributed by atoms with Gasteiger partial charge in [0.25, 0.3) is 0 Å². The molecule has 0 spiro atoms. The van der Waals surface area contributed by atoms with E-state index in [1.54, 1.807) is 6.92 Å². The minimum Gasteiger partial charge on any atom is -0.325 e. The molecule has 1 amide bonds. The fraction of sp³-hybridized carbons (Fsp3) is 0.400. The van der Waals surface area contributed by atoms with Gasteiger partial charge in [-0.05, 0) is 44.9 Å². The summed E-state index contributed by atoms with van der Waals surface area (Å²) in [6.45, 7) is 3.72. The van der Waals surface area contributed by atoms with Gasteiger partial charge in [-0.3, -0.25) is 4.79 Å². The van der Waals surface area contributed by atoms with E-state index in [4.69, 9.17) is 11.6 Å². The smallest absolute Gasteiger partial charge is 0.237 e. The van der Waals surface area contributed by atoms with Gasteiger partial charge in [-0.1, -0.05) is 23.4 Å². The van der Waals surface area contributed by atoms with Crippen molar-refractivity contribution in [2.24, 2.45) is 0 Å². The normalized spacial score (nSPS) is 15.5. The zero-order valence-corrected chi connectivity index (χ0v) is 14.3. The molecule has 0 radical (unpaired) electrons. The summed E-state index contributed by atoms with van der Waals surface area (Å²) in [5.41, 5.74) is 0.466. The highest BCUT2D eigenvalue weighted by atomic mass is 35.5. The molecular formula is C15H16ClFN4OS. The van der Waals surface area contributed by atoms with Crippen molar-refractivity contribution in [3.63, 3.8) is 0 Å². The Morgan fingerprint density at radius 2 is 2.22 bits per heavy atom. The molecule has 0 aliphatic heterocycles. The summed E-state index contributed by atoms with van der Waals surface area (Å²) < 4.78 is 15.2. The predicted octanol–water partition coefficient (Wildman–Crippen LogP) is 3.83. The van der Waals surface area contributed by atoms with Crippen LogP contribution in [0.3, 0.4) is 0 Å². The maximum absolute atomic E-state index is 13.1. The Labute approximate surface area is 142 Å². The number of hydrogen-bond acceptors (Lipinski definition) is 4. The molecule has 1 aromatic heterocycles. The molecule has 0 unspecified atom stereocenters. The monoisotopic (exact) mass is 354 g/mol. The Balaban J connectivity index is 1.67. The molecule has 1 heterocycles. The number of nitrogens with zero attached hydrogens (tertiary/aromatic N) is 3. The highest BCUT2D eigenvalue weighted by molar-refractivity contribution is 8.00. The van der Waals surface area contributed by atoms with E-state index in [2.05, 4.69) is 20.1 Å².